The minimum atomic E-state index is -0.555. The number of aryl methyl sites for hydroxylation is 1. The monoisotopic (exact) mass is 368 g/mol. The van der Waals surface area contributed by atoms with Crippen molar-refractivity contribution >= 4 is 28.2 Å². The number of hydrogen-bond acceptors (Lipinski definition) is 4. The Balaban J connectivity index is 1.81. The second-order valence-electron chi connectivity index (χ2n) is 6.11. The molecule has 1 atom stereocenters. The van der Waals surface area contributed by atoms with Crippen LogP contribution >= 0.6 is 11.3 Å². The lowest BCUT2D eigenvalue weighted by atomic mass is 9.99. The van der Waals surface area contributed by atoms with E-state index < -0.39 is 5.91 Å². The molecular formula is C19H20N4O2S. The lowest BCUT2D eigenvalue weighted by molar-refractivity contribution is -0.115. The fraction of sp³-hybridized carbons (Fsp3) is 0.211. The number of amides is 2. The Kier molecular flexibility index (Phi) is 5.18. The summed E-state index contributed by atoms with van der Waals surface area (Å²) >= 11 is 1.38. The summed E-state index contributed by atoms with van der Waals surface area (Å²) < 4.78 is 0. The van der Waals surface area contributed by atoms with Crippen molar-refractivity contribution in [2.45, 2.75) is 26.2 Å². The van der Waals surface area contributed by atoms with E-state index in [0.29, 0.717) is 10.6 Å². The third-order valence-corrected chi connectivity index (χ3v) is 5.34. The number of nitrogens with one attached hydrogen (secondary N) is 2. The first-order chi connectivity index (χ1) is 12.4. The number of H-pyrrole nitrogens is 1. The molecule has 3 rings (SSSR count). The van der Waals surface area contributed by atoms with Crippen molar-refractivity contribution < 1.29 is 9.59 Å². The van der Waals surface area contributed by atoms with Crippen molar-refractivity contribution in [3.63, 3.8) is 0 Å². The van der Waals surface area contributed by atoms with Crippen LogP contribution in [0.3, 0.4) is 0 Å². The molecule has 134 valence electrons. The number of hydrogen-bond donors (Lipinski definition) is 3. The van der Waals surface area contributed by atoms with Gasteiger partial charge in [0.15, 0.2) is 0 Å². The average Bonchev–Trinajstić information content (AvgIpc) is 3.21. The fourth-order valence-electron chi connectivity index (χ4n) is 2.71. The Hall–Kier alpha value is -2.93. The number of nitrogens with two attached hydrogens (primary N) is 1. The Bertz CT molecular complexity index is 930. The lowest BCUT2D eigenvalue weighted by Crippen LogP contribution is -2.18. The predicted molar refractivity (Wildman–Crippen MR) is 102 cm³/mol. The highest BCUT2D eigenvalue weighted by Crippen LogP contribution is 2.36. The van der Waals surface area contributed by atoms with E-state index in [-0.39, 0.29) is 18.2 Å². The Morgan fingerprint density at radius 1 is 1.31 bits per heavy atom. The van der Waals surface area contributed by atoms with Crippen molar-refractivity contribution in [2.24, 2.45) is 5.73 Å². The molecule has 0 saturated carbocycles. The minimum Gasteiger partial charge on any atom is -0.366 e. The Labute approximate surface area is 155 Å². The third-order valence-electron chi connectivity index (χ3n) is 4.10. The van der Waals surface area contributed by atoms with Gasteiger partial charge in [0.25, 0.3) is 5.91 Å². The molecule has 2 aromatic heterocycles. The zero-order valence-corrected chi connectivity index (χ0v) is 15.4. The predicted octanol–water partition coefficient (Wildman–Crippen LogP) is 3.21. The summed E-state index contributed by atoms with van der Waals surface area (Å²) in [4.78, 5) is 32.2. The Morgan fingerprint density at radius 2 is 2.04 bits per heavy atom. The molecule has 1 aromatic carbocycles. The summed E-state index contributed by atoms with van der Waals surface area (Å²) in [7, 11) is 0. The molecule has 0 aliphatic heterocycles. The molecule has 7 heteroatoms. The molecule has 2 heterocycles. The third kappa shape index (κ3) is 4.00. The van der Waals surface area contributed by atoms with E-state index in [2.05, 4.69) is 22.2 Å². The van der Waals surface area contributed by atoms with E-state index in [1.807, 2.05) is 37.3 Å². The maximum absolute atomic E-state index is 12.3. The molecular weight excluding hydrogens is 348 g/mol. The highest BCUT2D eigenvalue weighted by Gasteiger charge is 2.20. The molecule has 0 aliphatic rings. The van der Waals surface area contributed by atoms with E-state index in [9.17, 15) is 9.59 Å². The fourth-order valence-corrected chi connectivity index (χ4v) is 3.87. The number of aromatic amines is 1. The van der Waals surface area contributed by atoms with Gasteiger partial charge in [-0.05, 0) is 18.6 Å². The molecule has 3 aromatic rings. The molecule has 0 radical (unpaired) electrons. The summed E-state index contributed by atoms with van der Waals surface area (Å²) in [5, 5.41) is 3.29. The van der Waals surface area contributed by atoms with Gasteiger partial charge in [-0.25, -0.2) is 4.98 Å². The Morgan fingerprint density at radius 3 is 2.65 bits per heavy atom. The van der Waals surface area contributed by atoms with Gasteiger partial charge in [-0.1, -0.05) is 37.3 Å². The van der Waals surface area contributed by atoms with Crippen LogP contribution in [0, 0.1) is 6.92 Å². The molecule has 0 bridgehead atoms. The number of benzene rings is 1. The van der Waals surface area contributed by atoms with Gasteiger partial charge < -0.3 is 16.0 Å². The second kappa shape index (κ2) is 7.53. The highest BCUT2D eigenvalue weighted by molar-refractivity contribution is 7.16. The van der Waals surface area contributed by atoms with Crippen LogP contribution in [0.15, 0.2) is 42.6 Å². The van der Waals surface area contributed by atoms with Gasteiger partial charge in [-0.2, -0.15) is 0 Å². The van der Waals surface area contributed by atoms with Gasteiger partial charge in [0.2, 0.25) is 5.91 Å². The highest BCUT2D eigenvalue weighted by atomic mass is 32.1. The van der Waals surface area contributed by atoms with Gasteiger partial charge in [0, 0.05) is 22.7 Å². The van der Waals surface area contributed by atoms with Crippen LogP contribution in [0.1, 0.15) is 45.2 Å². The summed E-state index contributed by atoms with van der Waals surface area (Å²) in [5.41, 5.74) is 7.69. The average molecular weight is 368 g/mol. The van der Waals surface area contributed by atoms with Gasteiger partial charge in [-0.15, -0.1) is 11.3 Å². The van der Waals surface area contributed by atoms with Crippen LogP contribution in [0.4, 0.5) is 5.00 Å². The molecule has 0 spiro atoms. The number of primary amides is 1. The number of carbonyl (C=O) groups excluding carboxylic acids is 2. The van der Waals surface area contributed by atoms with Gasteiger partial charge >= 0.3 is 0 Å². The number of imidazole rings is 1. The van der Waals surface area contributed by atoms with Crippen LogP contribution in [0.2, 0.25) is 0 Å². The van der Waals surface area contributed by atoms with E-state index in [0.717, 1.165) is 22.0 Å². The molecule has 0 saturated heterocycles. The van der Waals surface area contributed by atoms with Crippen LogP contribution in [0.25, 0.3) is 0 Å². The molecule has 1 unspecified atom stereocenters. The maximum atomic E-state index is 12.3. The number of anilines is 1. The number of rotatable bonds is 6. The van der Waals surface area contributed by atoms with E-state index in [1.54, 1.807) is 12.3 Å². The number of aromatic nitrogens is 2. The normalized spacial score (nSPS) is 11.9. The molecule has 4 N–H and O–H groups in total. The molecule has 0 aliphatic carbocycles. The topological polar surface area (TPSA) is 101 Å². The van der Waals surface area contributed by atoms with E-state index in [4.69, 9.17) is 5.73 Å². The maximum Gasteiger partial charge on any atom is 0.251 e. The molecule has 6 nitrogen and oxygen atoms in total. The zero-order chi connectivity index (χ0) is 18.7. The van der Waals surface area contributed by atoms with Crippen LogP contribution in [0.5, 0.6) is 0 Å². The smallest absolute Gasteiger partial charge is 0.251 e. The first kappa shape index (κ1) is 17.9. The summed E-state index contributed by atoms with van der Waals surface area (Å²) in [6, 6.07) is 11.7. The minimum absolute atomic E-state index is 0.0974. The van der Waals surface area contributed by atoms with Crippen LogP contribution < -0.4 is 11.1 Å². The van der Waals surface area contributed by atoms with Crippen molar-refractivity contribution in [1.29, 1.82) is 0 Å². The largest absolute Gasteiger partial charge is 0.366 e. The second-order valence-corrected chi connectivity index (χ2v) is 7.19. The van der Waals surface area contributed by atoms with E-state index >= 15 is 0 Å². The number of carbonyl (C=O) groups is 2. The standard InChI is InChI=1S/C19H20N4O2S/c1-11(13-6-4-3-5-7-13)16-9-15(18(20)25)19(26-16)23-17(24)8-14-10-21-12(2)22-14/h3-7,9-11H,8H2,1-2H3,(H2,20,25)(H,21,22)(H,23,24). The van der Waals surface area contributed by atoms with Gasteiger partial charge in [-0.3, -0.25) is 9.59 Å². The zero-order valence-electron chi connectivity index (χ0n) is 14.6. The molecule has 0 fully saturated rings. The molecule has 26 heavy (non-hydrogen) atoms. The lowest BCUT2D eigenvalue weighted by Gasteiger charge is -2.09. The van der Waals surface area contributed by atoms with Crippen LogP contribution in [-0.2, 0) is 11.2 Å². The first-order valence-corrected chi connectivity index (χ1v) is 9.04. The first-order valence-electron chi connectivity index (χ1n) is 8.23. The molecule has 2 amide bonds. The van der Waals surface area contributed by atoms with E-state index in [1.165, 1.54) is 11.3 Å². The summed E-state index contributed by atoms with van der Waals surface area (Å²) in [5.74, 6) is 0.0679. The van der Waals surface area contributed by atoms with Crippen molar-refractivity contribution in [1.82, 2.24) is 9.97 Å². The van der Waals surface area contributed by atoms with Gasteiger partial charge in [0.1, 0.15) is 10.8 Å². The number of thiophene rings is 1. The van der Waals surface area contributed by atoms with Gasteiger partial charge in [0.05, 0.1) is 12.0 Å². The SMILES string of the molecule is Cc1ncc(CC(=O)Nc2sc(C(C)c3ccccc3)cc2C(N)=O)[nH]1. The summed E-state index contributed by atoms with van der Waals surface area (Å²) in [6.45, 7) is 3.88. The van der Waals surface area contributed by atoms with Crippen LogP contribution in [-0.4, -0.2) is 21.8 Å². The van der Waals surface area contributed by atoms with Crippen molar-refractivity contribution in [3.05, 3.63) is 70.1 Å². The van der Waals surface area contributed by atoms with Crippen molar-refractivity contribution in [2.75, 3.05) is 5.32 Å². The quantitative estimate of drug-likeness (QED) is 0.623. The summed E-state index contributed by atoms with van der Waals surface area (Å²) in [6.07, 6.45) is 1.78. The van der Waals surface area contributed by atoms with Crippen molar-refractivity contribution in [3.8, 4) is 0 Å². The number of nitrogens with zero attached hydrogens (tertiary/aromatic N) is 1.